The van der Waals surface area contributed by atoms with Crippen molar-refractivity contribution in [2.24, 2.45) is 0 Å². The number of amides is 1. The van der Waals surface area contributed by atoms with Gasteiger partial charge in [0.2, 0.25) is 0 Å². The van der Waals surface area contributed by atoms with Crippen molar-refractivity contribution in [1.82, 2.24) is 34.2 Å². The van der Waals surface area contributed by atoms with Crippen molar-refractivity contribution in [3.05, 3.63) is 71.8 Å². The van der Waals surface area contributed by atoms with Crippen LogP contribution in [-0.4, -0.2) is 66.2 Å². The molecule has 1 aliphatic heterocycles. The van der Waals surface area contributed by atoms with Gasteiger partial charge in [-0.25, -0.2) is 23.1 Å². The van der Waals surface area contributed by atoms with E-state index >= 15 is 0 Å². The number of nitrogens with one attached hydrogen (secondary N) is 1. The van der Waals surface area contributed by atoms with E-state index in [1.54, 1.807) is 47.2 Å². The van der Waals surface area contributed by atoms with E-state index in [1.165, 1.54) is 12.1 Å². The van der Waals surface area contributed by atoms with Gasteiger partial charge in [-0.15, -0.1) is 10.2 Å². The van der Waals surface area contributed by atoms with Crippen LogP contribution in [0.25, 0.3) is 17.2 Å². The summed E-state index contributed by atoms with van der Waals surface area (Å²) in [6.45, 7) is 2.43. The van der Waals surface area contributed by atoms with Gasteiger partial charge in [-0.3, -0.25) is 9.69 Å². The van der Waals surface area contributed by atoms with Crippen molar-refractivity contribution in [3.8, 4) is 17.2 Å². The lowest BCUT2D eigenvalue weighted by atomic mass is 10.1. The van der Waals surface area contributed by atoms with Crippen LogP contribution in [0.2, 0.25) is 0 Å². The first kappa shape index (κ1) is 24.3. The number of pyridine rings is 1. The monoisotopic (exact) mass is 522 g/mol. The molecule has 3 aromatic heterocycles. The summed E-state index contributed by atoms with van der Waals surface area (Å²) in [5.74, 6) is -0.127. The highest BCUT2D eigenvalue weighted by Crippen LogP contribution is 2.39. The Hall–Kier alpha value is -4.06. The Morgan fingerprint density at radius 3 is 2.76 bits per heavy atom. The maximum atomic E-state index is 14.9. The summed E-state index contributed by atoms with van der Waals surface area (Å²) in [5, 5.41) is 10.8. The molecule has 0 radical (unpaired) electrons. The molecule has 1 saturated carbocycles. The number of imidazole rings is 1. The summed E-state index contributed by atoms with van der Waals surface area (Å²) in [4.78, 5) is 23.7. The Balaban J connectivity index is 1.20. The number of carbonyl (C=O) groups excluding carboxylic acids is 1. The van der Waals surface area contributed by atoms with Crippen LogP contribution in [0.5, 0.6) is 0 Å². The number of aromatic nitrogens is 6. The number of alkyl halides is 2. The third kappa shape index (κ3) is 4.78. The lowest BCUT2D eigenvalue weighted by Crippen LogP contribution is -2.49. The molecular weight excluding hydrogens is 497 g/mol. The van der Waals surface area contributed by atoms with E-state index in [4.69, 9.17) is 0 Å². The smallest absolute Gasteiger partial charge is 0.259 e. The molecule has 1 saturated heterocycles. The van der Waals surface area contributed by atoms with Gasteiger partial charge >= 0.3 is 0 Å². The fourth-order valence-electron chi connectivity index (χ4n) is 4.74. The molecule has 0 bridgehead atoms. The van der Waals surface area contributed by atoms with E-state index in [0.717, 1.165) is 18.5 Å². The highest BCUT2D eigenvalue weighted by Gasteiger charge is 2.32. The fraction of sp³-hybridized carbons (Fsp3) is 0.346. The van der Waals surface area contributed by atoms with Crippen LogP contribution >= 0.6 is 0 Å². The van der Waals surface area contributed by atoms with Gasteiger partial charge in [0, 0.05) is 25.2 Å². The number of nitrogens with zero attached hydrogens (tertiary/aromatic N) is 7. The van der Waals surface area contributed by atoms with Gasteiger partial charge in [0.25, 0.3) is 12.3 Å². The van der Waals surface area contributed by atoms with Gasteiger partial charge in [-0.1, -0.05) is 6.07 Å². The molecule has 1 N–H and O–H groups in total. The maximum Gasteiger partial charge on any atom is 0.259 e. The second-order valence-electron chi connectivity index (χ2n) is 9.79. The van der Waals surface area contributed by atoms with Gasteiger partial charge in [0.1, 0.15) is 23.7 Å². The lowest BCUT2D eigenvalue weighted by molar-refractivity contribution is 0.0298. The molecule has 1 amide bonds. The minimum absolute atomic E-state index is 0.0533. The summed E-state index contributed by atoms with van der Waals surface area (Å²) in [6.07, 6.45) is 5.01. The van der Waals surface area contributed by atoms with E-state index in [0.29, 0.717) is 41.8 Å². The number of hydrogen-bond acceptors (Lipinski definition) is 6. The first-order valence-corrected chi connectivity index (χ1v) is 12.4. The first-order valence-electron chi connectivity index (χ1n) is 12.4. The van der Waals surface area contributed by atoms with Gasteiger partial charge in [-0.2, -0.15) is 0 Å². The number of rotatable bonds is 8. The van der Waals surface area contributed by atoms with Crippen LogP contribution in [0.3, 0.4) is 0 Å². The fourth-order valence-corrected chi connectivity index (χ4v) is 4.74. The molecule has 0 atom stereocenters. The zero-order valence-electron chi connectivity index (χ0n) is 20.6. The van der Waals surface area contributed by atoms with E-state index in [1.807, 2.05) is 10.8 Å². The van der Waals surface area contributed by atoms with Gasteiger partial charge in [0.05, 0.1) is 35.9 Å². The summed E-state index contributed by atoms with van der Waals surface area (Å²) >= 11 is 0. The SMILES string of the molecule is Cc1cc(F)c(C(=O)Nc2cccc(-c3nncn3C3CN(CC(F)F)C3)n2)cc1-n1cnc(C2CC2)c1. The van der Waals surface area contributed by atoms with Crippen LogP contribution in [0.15, 0.2) is 49.2 Å². The quantitative estimate of drug-likeness (QED) is 0.372. The predicted molar refractivity (Wildman–Crippen MR) is 133 cm³/mol. The van der Waals surface area contributed by atoms with Crippen LogP contribution in [0, 0.1) is 12.7 Å². The number of carbonyl (C=O) groups is 1. The van der Waals surface area contributed by atoms with Gasteiger partial charge < -0.3 is 14.5 Å². The number of halogens is 3. The Bertz CT molecular complexity index is 1490. The summed E-state index contributed by atoms with van der Waals surface area (Å²) < 4.78 is 43.7. The number of benzene rings is 1. The Labute approximate surface area is 216 Å². The number of aryl methyl sites for hydroxylation is 1. The Morgan fingerprint density at radius 1 is 1.18 bits per heavy atom. The second-order valence-corrected chi connectivity index (χ2v) is 9.79. The number of hydrogen-bond donors (Lipinski definition) is 1. The molecule has 4 aromatic rings. The summed E-state index contributed by atoms with van der Waals surface area (Å²) in [5.41, 5.74) is 2.69. The molecule has 38 heavy (non-hydrogen) atoms. The van der Waals surface area contributed by atoms with E-state index in [-0.39, 0.29) is 24.0 Å². The third-order valence-corrected chi connectivity index (χ3v) is 6.93. The minimum atomic E-state index is -2.38. The largest absolute Gasteiger partial charge is 0.307 e. The third-order valence-electron chi connectivity index (χ3n) is 6.93. The van der Waals surface area contributed by atoms with Crippen LogP contribution < -0.4 is 5.32 Å². The highest BCUT2D eigenvalue weighted by atomic mass is 19.3. The average Bonchev–Trinajstić information content (AvgIpc) is 3.39. The topological polar surface area (TPSA) is 93.8 Å². The normalized spacial score (nSPS) is 16.1. The maximum absolute atomic E-state index is 14.9. The second kappa shape index (κ2) is 9.67. The molecule has 6 rings (SSSR count). The van der Waals surface area contributed by atoms with E-state index in [2.05, 4.69) is 25.5 Å². The molecule has 2 aliphatic rings. The first-order chi connectivity index (χ1) is 18.4. The molecule has 4 heterocycles. The van der Waals surface area contributed by atoms with Crippen LogP contribution in [0.4, 0.5) is 19.0 Å². The van der Waals surface area contributed by atoms with Crippen molar-refractivity contribution in [2.75, 3.05) is 25.0 Å². The number of likely N-dealkylation sites (tertiary alicyclic amines) is 1. The zero-order chi connectivity index (χ0) is 26.4. The summed E-state index contributed by atoms with van der Waals surface area (Å²) in [7, 11) is 0. The lowest BCUT2D eigenvalue weighted by Gasteiger charge is -2.39. The van der Waals surface area contributed by atoms with E-state index in [9.17, 15) is 18.0 Å². The highest BCUT2D eigenvalue weighted by molar-refractivity contribution is 6.04. The van der Waals surface area contributed by atoms with Crippen LogP contribution in [0.1, 0.15) is 46.4 Å². The minimum Gasteiger partial charge on any atom is -0.307 e. The molecular formula is C26H25F3N8O. The Morgan fingerprint density at radius 2 is 2.00 bits per heavy atom. The molecule has 1 aliphatic carbocycles. The average molecular weight is 523 g/mol. The van der Waals surface area contributed by atoms with Gasteiger partial charge in [0.15, 0.2) is 5.82 Å². The van der Waals surface area contributed by atoms with Crippen molar-refractivity contribution in [1.29, 1.82) is 0 Å². The molecule has 0 spiro atoms. The van der Waals surface area contributed by atoms with Crippen molar-refractivity contribution in [2.45, 2.75) is 38.2 Å². The molecule has 1 aromatic carbocycles. The number of anilines is 1. The Kier molecular flexibility index (Phi) is 6.18. The molecule has 9 nitrogen and oxygen atoms in total. The summed E-state index contributed by atoms with van der Waals surface area (Å²) in [6, 6.07) is 7.81. The molecule has 0 unspecified atom stereocenters. The van der Waals surface area contributed by atoms with Crippen molar-refractivity contribution in [3.63, 3.8) is 0 Å². The molecule has 196 valence electrons. The predicted octanol–water partition coefficient (Wildman–Crippen LogP) is 4.22. The molecule has 2 fully saturated rings. The van der Waals surface area contributed by atoms with Crippen molar-refractivity contribution < 1.29 is 18.0 Å². The van der Waals surface area contributed by atoms with Crippen LogP contribution in [-0.2, 0) is 0 Å². The van der Waals surface area contributed by atoms with E-state index < -0.39 is 18.1 Å². The van der Waals surface area contributed by atoms with Gasteiger partial charge in [-0.05, 0) is 49.6 Å². The zero-order valence-corrected chi connectivity index (χ0v) is 20.6. The molecule has 12 heteroatoms. The standard InChI is InChI=1S/C26H25F3N8O/c1-15-7-19(27)18(8-22(15)36-11-21(30-13-36)16-5-6-16)26(38)33-24-4-2-3-20(32-24)25-34-31-14-37(25)17-9-35(10-17)12-23(28)29/h2-4,7-8,11,13-14,16-17,23H,5-6,9-10,12H2,1H3,(H,32,33,38). The van der Waals surface area contributed by atoms with Crippen molar-refractivity contribution >= 4 is 11.7 Å².